The van der Waals surface area contributed by atoms with Crippen LogP contribution in [0.1, 0.15) is 10.6 Å². The topological polar surface area (TPSA) is 56.2 Å². The van der Waals surface area contributed by atoms with E-state index in [1.165, 1.54) is 6.26 Å². The van der Waals surface area contributed by atoms with Crippen molar-refractivity contribution in [1.29, 1.82) is 0 Å². The average molecular weight is 266 g/mol. The molecule has 4 heteroatoms. The van der Waals surface area contributed by atoms with Gasteiger partial charge in [-0.1, -0.05) is 28.1 Å². The number of nitrogens with two attached hydrogens (primary N) is 1. The van der Waals surface area contributed by atoms with Crippen molar-refractivity contribution in [1.82, 2.24) is 0 Å². The maximum Gasteiger partial charge on any atom is 0.285 e. The Hall–Kier alpha value is -1.55. The molecule has 0 bridgehead atoms. The number of benzene rings is 1. The molecule has 0 saturated carbocycles. The molecule has 0 aliphatic heterocycles. The summed E-state index contributed by atoms with van der Waals surface area (Å²) in [6.45, 7) is 0. The molecule has 0 radical (unpaired) electrons. The molecule has 15 heavy (non-hydrogen) atoms. The predicted molar refractivity (Wildman–Crippen MR) is 60.4 cm³/mol. The van der Waals surface area contributed by atoms with Crippen LogP contribution in [0.3, 0.4) is 0 Å². The van der Waals surface area contributed by atoms with E-state index in [1.807, 2.05) is 24.3 Å². The Morgan fingerprint density at radius 3 is 2.47 bits per heavy atom. The second-order valence-corrected chi connectivity index (χ2v) is 3.95. The maximum absolute atomic E-state index is 11.0. The second kappa shape index (κ2) is 3.90. The molecular formula is C11H8BrNO2. The molecule has 0 aliphatic rings. The first-order valence-corrected chi connectivity index (χ1v) is 5.11. The van der Waals surface area contributed by atoms with Crippen molar-refractivity contribution >= 4 is 21.8 Å². The fourth-order valence-corrected chi connectivity index (χ4v) is 1.62. The lowest BCUT2D eigenvalue weighted by Gasteiger charge is -1.99. The van der Waals surface area contributed by atoms with Gasteiger partial charge in [0.15, 0.2) is 5.76 Å². The van der Waals surface area contributed by atoms with Gasteiger partial charge in [0, 0.05) is 10.0 Å². The van der Waals surface area contributed by atoms with Crippen LogP contribution in [-0.4, -0.2) is 5.91 Å². The van der Waals surface area contributed by atoms with E-state index in [-0.39, 0.29) is 5.76 Å². The largest absolute Gasteiger partial charge is 0.459 e. The van der Waals surface area contributed by atoms with Crippen LogP contribution in [0.2, 0.25) is 0 Å². The zero-order valence-corrected chi connectivity index (χ0v) is 9.32. The molecule has 0 fully saturated rings. The van der Waals surface area contributed by atoms with Crippen molar-refractivity contribution in [2.45, 2.75) is 0 Å². The molecular weight excluding hydrogens is 258 g/mol. The molecule has 0 atom stereocenters. The van der Waals surface area contributed by atoms with Crippen molar-refractivity contribution in [3.05, 3.63) is 46.8 Å². The molecule has 0 spiro atoms. The van der Waals surface area contributed by atoms with Gasteiger partial charge in [0.2, 0.25) is 0 Å². The Labute approximate surface area is 95.0 Å². The molecule has 76 valence electrons. The Bertz CT molecular complexity index is 488. The van der Waals surface area contributed by atoms with Gasteiger partial charge in [-0.15, -0.1) is 0 Å². The van der Waals surface area contributed by atoms with Gasteiger partial charge in [-0.3, -0.25) is 4.79 Å². The summed E-state index contributed by atoms with van der Waals surface area (Å²) in [6, 6.07) is 9.30. The van der Waals surface area contributed by atoms with Crippen LogP contribution in [0.15, 0.2) is 45.5 Å². The average Bonchev–Trinajstić information content (AvgIpc) is 2.67. The number of carbonyl (C=O) groups excluding carboxylic acids is 1. The highest BCUT2D eigenvalue weighted by atomic mass is 79.9. The molecule has 2 aromatic rings. The van der Waals surface area contributed by atoms with Gasteiger partial charge in [-0.05, 0) is 23.8 Å². The van der Waals surface area contributed by atoms with Gasteiger partial charge in [0.05, 0.1) is 6.26 Å². The highest BCUT2D eigenvalue weighted by molar-refractivity contribution is 9.10. The van der Waals surface area contributed by atoms with E-state index in [2.05, 4.69) is 15.9 Å². The minimum absolute atomic E-state index is 0.192. The highest BCUT2D eigenvalue weighted by Gasteiger charge is 2.13. The monoisotopic (exact) mass is 265 g/mol. The normalized spacial score (nSPS) is 10.2. The van der Waals surface area contributed by atoms with Crippen molar-refractivity contribution < 1.29 is 9.21 Å². The van der Waals surface area contributed by atoms with E-state index < -0.39 is 5.91 Å². The van der Waals surface area contributed by atoms with Crippen LogP contribution in [-0.2, 0) is 0 Å². The van der Waals surface area contributed by atoms with E-state index >= 15 is 0 Å². The lowest BCUT2D eigenvalue weighted by atomic mass is 10.1. The number of furan rings is 1. The van der Waals surface area contributed by atoms with Crippen LogP contribution in [0.25, 0.3) is 11.1 Å². The zero-order chi connectivity index (χ0) is 10.8. The van der Waals surface area contributed by atoms with Gasteiger partial charge in [-0.25, -0.2) is 0 Å². The molecule has 2 rings (SSSR count). The van der Waals surface area contributed by atoms with Crippen LogP contribution in [0.4, 0.5) is 0 Å². The summed E-state index contributed by atoms with van der Waals surface area (Å²) in [5, 5.41) is 0. The third-order valence-electron chi connectivity index (χ3n) is 2.04. The second-order valence-electron chi connectivity index (χ2n) is 3.03. The molecule has 1 amide bonds. The van der Waals surface area contributed by atoms with Crippen molar-refractivity contribution in [3.63, 3.8) is 0 Å². The zero-order valence-electron chi connectivity index (χ0n) is 7.74. The molecule has 1 aromatic carbocycles. The van der Waals surface area contributed by atoms with E-state index in [4.69, 9.17) is 10.2 Å². The van der Waals surface area contributed by atoms with Crippen LogP contribution in [0.5, 0.6) is 0 Å². The molecule has 0 aliphatic carbocycles. The molecule has 1 heterocycles. The Balaban J connectivity index is 2.49. The summed E-state index contributed by atoms with van der Waals surface area (Å²) in [5.74, 6) is -0.366. The van der Waals surface area contributed by atoms with Crippen molar-refractivity contribution in [2.75, 3.05) is 0 Å². The molecule has 1 aromatic heterocycles. The number of amides is 1. The maximum atomic E-state index is 11.0. The Morgan fingerprint density at radius 2 is 1.87 bits per heavy atom. The van der Waals surface area contributed by atoms with E-state index in [1.54, 1.807) is 6.07 Å². The Kier molecular flexibility index (Phi) is 2.60. The van der Waals surface area contributed by atoms with Gasteiger partial charge >= 0.3 is 0 Å². The SMILES string of the molecule is NC(=O)c1occc1-c1ccc(Br)cc1. The lowest BCUT2D eigenvalue weighted by molar-refractivity contribution is 0.0975. The van der Waals surface area contributed by atoms with Gasteiger partial charge < -0.3 is 10.2 Å². The smallest absolute Gasteiger partial charge is 0.285 e. The minimum atomic E-state index is -0.557. The quantitative estimate of drug-likeness (QED) is 0.908. The van der Waals surface area contributed by atoms with Gasteiger partial charge in [0.1, 0.15) is 0 Å². The molecule has 2 N–H and O–H groups in total. The van der Waals surface area contributed by atoms with Gasteiger partial charge in [-0.2, -0.15) is 0 Å². The van der Waals surface area contributed by atoms with Crippen molar-refractivity contribution in [2.24, 2.45) is 5.73 Å². The fraction of sp³-hybridized carbons (Fsp3) is 0. The summed E-state index contributed by atoms with van der Waals surface area (Å²) < 4.78 is 6.01. The van der Waals surface area contributed by atoms with Crippen LogP contribution in [0, 0.1) is 0 Å². The summed E-state index contributed by atoms with van der Waals surface area (Å²) in [5.41, 5.74) is 6.81. The summed E-state index contributed by atoms with van der Waals surface area (Å²) in [4.78, 5) is 11.0. The fourth-order valence-electron chi connectivity index (χ4n) is 1.36. The third-order valence-corrected chi connectivity index (χ3v) is 2.57. The number of carbonyl (C=O) groups is 1. The van der Waals surface area contributed by atoms with E-state index in [0.717, 1.165) is 15.6 Å². The summed E-state index contributed by atoms with van der Waals surface area (Å²) in [6.07, 6.45) is 1.46. The first kappa shape index (κ1) is 9.98. The minimum Gasteiger partial charge on any atom is -0.459 e. The molecule has 0 saturated heterocycles. The van der Waals surface area contributed by atoms with Crippen LogP contribution < -0.4 is 5.73 Å². The summed E-state index contributed by atoms with van der Waals surface area (Å²) in [7, 11) is 0. The standard InChI is InChI=1S/C11H8BrNO2/c12-8-3-1-7(2-4-8)9-5-6-15-10(9)11(13)14/h1-6H,(H2,13,14). The number of halogens is 1. The number of rotatable bonds is 2. The highest BCUT2D eigenvalue weighted by Crippen LogP contribution is 2.25. The molecule has 0 unspecified atom stereocenters. The lowest BCUT2D eigenvalue weighted by Crippen LogP contribution is -2.10. The van der Waals surface area contributed by atoms with Gasteiger partial charge in [0.25, 0.3) is 5.91 Å². The van der Waals surface area contributed by atoms with E-state index in [0.29, 0.717) is 0 Å². The number of primary amides is 1. The molecule has 3 nitrogen and oxygen atoms in total. The number of hydrogen-bond donors (Lipinski definition) is 1. The first-order valence-electron chi connectivity index (χ1n) is 4.31. The third kappa shape index (κ3) is 1.94. The van der Waals surface area contributed by atoms with Crippen molar-refractivity contribution in [3.8, 4) is 11.1 Å². The summed E-state index contributed by atoms with van der Waals surface area (Å²) >= 11 is 3.34. The van der Waals surface area contributed by atoms with Crippen LogP contribution >= 0.6 is 15.9 Å². The Morgan fingerprint density at radius 1 is 1.20 bits per heavy atom. The predicted octanol–water partition coefficient (Wildman–Crippen LogP) is 2.81. The van der Waals surface area contributed by atoms with E-state index in [9.17, 15) is 4.79 Å². The first-order chi connectivity index (χ1) is 7.18. The number of hydrogen-bond acceptors (Lipinski definition) is 2.